The highest BCUT2D eigenvalue weighted by Crippen LogP contribution is 2.46. The molecule has 1 aliphatic heterocycles. The van der Waals surface area contributed by atoms with E-state index in [9.17, 15) is 9.59 Å². The van der Waals surface area contributed by atoms with Crippen molar-refractivity contribution in [1.82, 2.24) is 9.97 Å². The Kier molecular flexibility index (Phi) is 5.45. The number of fused-ring (bicyclic) bond motifs is 1. The molecule has 0 bridgehead atoms. The second kappa shape index (κ2) is 8.07. The summed E-state index contributed by atoms with van der Waals surface area (Å²) >= 11 is 1.21. The Labute approximate surface area is 185 Å². The number of aromatic nitrogens is 2. The van der Waals surface area contributed by atoms with Gasteiger partial charge in [0.05, 0.1) is 11.4 Å². The van der Waals surface area contributed by atoms with E-state index in [4.69, 9.17) is 4.74 Å². The number of pyridine rings is 1. The summed E-state index contributed by atoms with van der Waals surface area (Å²) in [6.45, 7) is 5.59. The lowest BCUT2D eigenvalue weighted by atomic mass is 9.83. The molecule has 0 spiro atoms. The Balaban J connectivity index is 1.46. The summed E-state index contributed by atoms with van der Waals surface area (Å²) in [6, 6.07) is 13.6. The molecule has 0 saturated carbocycles. The van der Waals surface area contributed by atoms with Gasteiger partial charge in [0.2, 0.25) is 0 Å². The number of hydrogen-bond acceptors (Lipinski definition) is 7. The van der Waals surface area contributed by atoms with Gasteiger partial charge in [-0.15, -0.1) is 11.3 Å². The van der Waals surface area contributed by atoms with Crippen molar-refractivity contribution in [3.8, 4) is 10.7 Å². The van der Waals surface area contributed by atoms with Crippen LogP contribution in [-0.4, -0.2) is 35.4 Å². The van der Waals surface area contributed by atoms with Gasteiger partial charge in [0.15, 0.2) is 12.4 Å². The first-order chi connectivity index (χ1) is 14.8. The van der Waals surface area contributed by atoms with Gasteiger partial charge in [-0.25, -0.2) is 9.78 Å². The fourth-order valence-corrected chi connectivity index (χ4v) is 4.78. The Bertz CT molecular complexity index is 1180. The molecule has 0 atom stereocenters. The summed E-state index contributed by atoms with van der Waals surface area (Å²) in [5, 5.41) is 0.644. The molecule has 0 radical (unpaired) electrons. The van der Waals surface area contributed by atoms with E-state index in [2.05, 4.69) is 29.9 Å². The second-order valence-electron chi connectivity index (χ2n) is 7.92. The minimum absolute atomic E-state index is 0.261. The van der Waals surface area contributed by atoms with Crippen LogP contribution in [0.2, 0.25) is 0 Å². The van der Waals surface area contributed by atoms with Gasteiger partial charge in [-0.3, -0.25) is 9.78 Å². The number of para-hydroxylation sites is 1. The fraction of sp³-hybridized carbons (Fsp3) is 0.250. The third-order valence-corrected chi connectivity index (χ3v) is 6.61. The zero-order valence-corrected chi connectivity index (χ0v) is 18.7. The summed E-state index contributed by atoms with van der Waals surface area (Å²) in [5.74, 6) is -0.811. The summed E-state index contributed by atoms with van der Waals surface area (Å²) in [6.07, 6.45) is 3.25. The monoisotopic (exact) mass is 433 g/mol. The van der Waals surface area contributed by atoms with Gasteiger partial charge in [0, 0.05) is 36.1 Å². The number of carbonyl (C=O) groups is 2. The van der Waals surface area contributed by atoms with E-state index >= 15 is 0 Å². The second-order valence-corrected chi connectivity index (χ2v) is 8.92. The van der Waals surface area contributed by atoms with Crippen LogP contribution < -0.4 is 4.90 Å². The maximum atomic E-state index is 12.6. The van der Waals surface area contributed by atoms with Crippen LogP contribution in [0.5, 0.6) is 0 Å². The van der Waals surface area contributed by atoms with Crippen LogP contribution in [0.25, 0.3) is 10.7 Å². The molecule has 6 nitrogen and oxygen atoms in total. The number of anilines is 1. The molecule has 0 fully saturated rings. The van der Waals surface area contributed by atoms with E-state index in [0.717, 1.165) is 16.9 Å². The zero-order chi connectivity index (χ0) is 22.2. The summed E-state index contributed by atoms with van der Waals surface area (Å²) < 4.78 is 5.31. The number of benzene rings is 1. The van der Waals surface area contributed by atoms with Crippen LogP contribution in [0.3, 0.4) is 0 Å². The Morgan fingerprint density at radius 3 is 2.61 bits per heavy atom. The number of ether oxygens (including phenoxy) is 1. The largest absolute Gasteiger partial charge is 0.453 e. The van der Waals surface area contributed by atoms with Gasteiger partial charge in [-0.2, -0.15) is 0 Å². The van der Waals surface area contributed by atoms with E-state index in [0.29, 0.717) is 21.3 Å². The smallest absolute Gasteiger partial charge is 0.350 e. The lowest BCUT2D eigenvalue weighted by Gasteiger charge is -2.23. The molecule has 31 heavy (non-hydrogen) atoms. The molecule has 0 N–H and O–H groups in total. The van der Waals surface area contributed by atoms with Crippen LogP contribution in [-0.2, 0) is 14.9 Å². The van der Waals surface area contributed by atoms with E-state index in [1.807, 2.05) is 48.3 Å². The SMILES string of the molecule is Cc1nc(-c2ccccn2)sc1C(=O)OCC(=O)/C=C1\N(C)c2ccccc2C1(C)C. The van der Waals surface area contributed by atoms with E-state index < -0.39 is 5.97 Å². The third kappa shape index (κ3) is 3.88. The van der Waals surface area contributed by atoms with Crippen molar-refractivity contribution in [2.45, 2.75) is 26.2 Å². The topological polar surface area (TPSA) is 72.4 Å². The highest BCUT2D eigenvalue weighted by atomic mass is 32.1. The normalized spacial score (nSPS) is 15.7. The standard InChI is InChI=1S/C24H23N3O3S/c1-15-21(31-22(26-15)18-10-7-8-12-25-18)23(29)30-14-16(28)13-20-24(2,3)17-9-5-6-11-19(17)27(20)4/h5-13H,14H2,1-4H3/b20-13-. The number of aryl methyl sites for hydroxylation is 1. The molecule has 1 aliphatic rings. The highest BCUT2D eigenvalue weighted by Gasteiger charge is 2.38. The molecule has 7 heteroatoms. The molecular formula is C24H23N3O3S. The molecule has 158 valence electrons. The number of carbonyl (C=O) groups excluding carboxylic acids is 2. The van der Waals surface area contributed by atoms with Crippen LogP contribution in [0.1, 0.15) is 34.8 Å². The number of nitrogens with zero attached hydrogens (tertiary/aromatic N) is 3. The summed E-state index contributed by atoms with van der Waals surface area (Å²) in [5.41, 5.74) is 4.06. The van der Waals surface area contributed by atoms with Gasteiger partial charge < -0.3 is 9.64 Å². The first-order valence-electron chi connectivity index (χ1n) is 9.93. The highest BCUT2D eigenvalue weighted by molar-refractivity contribution is 7.17. The minimum atomic E-state index is -0.550. The molecule has 0 amide bonds. The van der Waals surface area contributed by atoms with Gasteiger partial charge in [0.25, 0.3) is 0 Å². The summed E-state index contributed by atoms with van der Waals surface area (Å²) in [4.78, 5) is 36.3. The number of thiazole rings is 1. The molecule has 3 aromatic rings. The van der Waals surface area contributed by atoms with Gasteiger partial charge in [0.1, 0.15) is 9.88 Å². The molecule has 0 unspecified atom stereocenters. The number of rotatable bonds is 5. The predicted molar refractivity (Wildman–Crippen MR) is 121 cm³/mol. The molecule has 2 aromatic heterocycles. The van der Waals surface area contributed by atoms with E-state index in [-0.39, 0.29) is 17.8 Å². The Hall–Kier alpha value is -3.32. The van der Waals surface area contributed by atoms with Gasteiger partial charge in [-0.05, 0) is 30.7 Å². The quantitative estimate of drug-likeness (QED) is 0.434. The molecule has 0 aliphatic carbocycles. The van der Waals surface area contributed by atoms with Crippen molar-refractivity contribution in [2.24, 2.45) is 0 Å². The fourth-order valence-electron chi connectivity index (χ4n) is 3.84. The lowest BCUT2D eigenvalue weighted by Crippen LogP contribution is -2.25. The summed E-state index contributed by atoms with van der Waals surface area (Å²) in [7, 11) is 1.94. The number of ketones is 1. The maximum Gasteiger partial charge on any atom is 0.350 e. The number of hydrogen-bond donors (Lipinski definition) is 0. The first kappa shape index (κ1) is 20.9. The number of likely N-dealkylation sites (N-methyl/N-ethyl adjacent to an activating group) is 1. The average molecular weight is 434 g/mol. The van der Waals surface area contributed by atoms with Gasteiger partial charge >= 0.3 is 5.97 Å². The van der Waals surface area contributed by atoms with Crippen LogP contribution in [0, 0.1) is 6.92 Å². The zero-order valence-electron chi connectivity index (χ0n) is 17.9. The number of allylic oxidation sites excluding steroid dienone is 1. The molecule has 1 aromatic carbocycles. The maximum absolute atomic E-state index is 12.6. The molecule has 3 heterocycles. The third-order valence-electron chi connectivity index (χ3n) is 5.45. The van der Waals surface area contributed by atoms with Crippen molar-refractivity contribution in [3.63, 3.8) is 0 Å². The van der Waals surface area contributed by atoms with Gasteiger partial charge in [-0.1, -0.05) is 38.1 Å². The minimum Gasteiger partial charge on any atom is -0.453 e. The lowest BCUT2D eigenvalue weighted by molar-refractivity contribution is -0.117. The van der Waals surface area contributed by atoms with Crippen molar-refractivity contribution in [1.29, 1.82) is 0 Å². The van der Waals surface area contributed by atoms with Crippen molar-refractivity contribution >= 4 is 28.8 Å². The number of esters is 1. The Morgan fingerprint density at radius 2 is 1.90 bits per heavy atom. The van der Waals surface area contributed by atoms with Crippen LogP contribution in [0.4, 0.5) is 5.69 Å². The van der Waals surface area contributed by atoms with Crippen molar-refractivity contribution in [3.05, 3.63) is 76.6 Å². The van der Waals surface area contributed by atoms with E-state index in [1.54, 1.807) is 19.2 Å². The average Bonchev–Trinajstić information content (AvgIpc) is 3.25. The van der Waals surface area contributed by atoms with Crippen molar-refractivity contribution in [2.75, 3.05) is 18.6 Å². The molecule has 0 saturated heterocycles. The Morgan fingerprint density at radius 1 is 1.16 bits per heavy atom. The van der Waals surface area contributed by atoms with Crippen LogP contribution in [0.15, 0.2) is 60.4 Å². The van der Waals surface area contributed by atoms with Crippen molar-refractivity contribution < 1.29 is 14.3 Å². The molecule has 4 rings (SSSR count). The van der Waals surface area contributed by atoms with E-state index in [1.165, 1.54) is 11.3 Å². The first-order valence-corrected chi connectivity index (χ1v) is 10.7. The molecular weight excluding hydrogens is 410 g/mol. The van der Waals surface area contributed by atoms with Crippen LogP contribution >= 0.6 is 11.3 Å². The predicted octanol–water partition coefficient (Wildman–Crippen LogP) is 4.55.